The summed E-state index contributed by atoms with van der Waals surface area (Å²) in [4.78, 5) is 22.1. The van der Waals surface area contributed by atoms with Crippen molar-refractivity contribution in [1.29, 1.82) is 0 Å². The first kappa shape index (κ1) is 14.0. The lowest BCUT2D eigenvalue weighted by atomic mass is 10.1. The highest BCUT2D eigenvalue weighted by Crippen LogP contribution is 2.25. The summed E-state index contributed by atoms with van der Waals surface area (Å²) in [6, 6.07) is 0. The van der Waals surface area contributed by atoms with Gasteiger partial charge in [-0.2, -0.15) is 0 Å². The van der Waals surface area contributed by atoms with Crippen molar-refractivity contribution in [3.63, 3.8) is 0 Å². The van der Waals surface area contributed by atoms with E-state index in [2.05, 4.69) is 36.5 Å². The molecule has 19 heavy (non-hydrogen) atoms. The molecular weight excluding hydrogens is 310 g/mol. The maximum atomic E-state index is 12.0. The Morgan fingerprint density at radius 1 is 1.32 bits per heavy atom. The Hall–Kier alpha value is -1.37. The number of rotatable bonds is 4. The molecule has 0 saturated carbocycles. The maximum absolute atomic E-state index is 12.0. The number of carbonyl (C=O) groups is 1. The van der Waals surface area contributed by atoms with Crippen molar-refractivity contribution >= 4 is 33.5 Å². The summed E-state index contributed by atoms with van der Waals surface area (Å²) in [5, 5.41) is 6.01. The Labute approximate surface area is 121 Å². The summed E-state index contributed by atoms with van der Waals surface area (Å²) in [5.41, 5.74) is 0. The highest BCUT2D eigenvalue weighted by atomic mass is 79.9. The van der Waals surface area contributed by atoms with E-state index in [0.29, 0.717) is 11.6 Å². The monoisotopic (exact) mass is 327 g/mol. The number of nitrogens with one attached hydrogen (secondary N) is 2. The lowest BCUT2D eigenvalue weighted by Gasteiger charge is -2.26. The standard InChI is InChI=1S/C12H18BrN5O/c1-14-11-10(13)12(17-8-16-11)15-7-9(19)18-5-3-2-4-6-18/h8H,2-7H2,1H3,(H2,14,15,16,17). The van der Waals surface area contributed by atoms with Gasteiger partial charge >= 0.3 is 0 Å². The number of nitrogens with zero attached hydrogens (tertiary/aromatic N) is 3. The fourth-order valence-corrected chi connectivity index (χ4v) is 2.63. The van der Waals surface area contributed by atoms with Gasteiger partial charge in [0.15, 0.2) is 0 Å². The smallest absolute Gasteiger partial charge is 0.241 e. The fraction of sp³-hybridized carbons (Fsp3) is 0.583. The van der Waals surface area contributed by atoms with Gasteiger partial charge in [-0.25, -0.2) is 9.97 Å². The molecule has 1 aromatic heterocycles. The molecule has 0 unspecified atom stereocenters. The molecule has 0 aliphatic carbocycles. The Kier molecular flexibility index (Phi) is 4.95. The van der Waals surface area contributed by atoms with Crippen LogP contribution in [0.15, 0.2) is 10.8 Å². The van der Waals surface area contributed by atoms with Crippen LogP contribution in [0.3, 0.4) is 0 Å². The summed E-state index contributed by atoms with van der Waals surface area (Å²) >= 11 is 3.41. The molecule has 2 rings (SSSR count). The number of halogens is 1. The van der Waals surface area contributed by atoms with Crippen LogP contribution in [0.25, 0.3) is 0 Å². The Morgan fingerprint density at radius 2 is 2.00 bits per heavy atom. The minimum Gasteiger partial charge on any atom is -0.372 e. The minimum atomic E-state index is 0.121. The molecule has 1 fully saturated rings. The van der Waals surface area contributed by atoms with E-state index in [9.17, 15) is 4.79 Å². The van der Waals surface area contributed by atoms with Crippen LogP contribution in [0.4, 0.5) is 11.6 Å². The van der Waals surface area contributed by atoms with Crippen LogP contribution in [-0.4, -0.2) is 47.5 Å². The molecule has 2 N–H and O–H groups in total. The number of likely N-dealkylation sites (tertiary alicyclic amines) is 1. The molecule has 0 bridgehead atoms. The van der Waals surface area contributed by atoms with E-state index in [0.717, 1.165) is 30.4 Å². The molecule has 1 saturated heterocycles. The van der Waals surface area contributed by atoms with Gasteiger partial charge in [0.05, 0.1) is 6.54 Å². The van der Waals surface area contributed by atoms with E-state index in [-0.39, 0.29) is 12.5 Å². The summed E-state index contributed by atoms with van der Waals surface area (Å²) in [6.07, 6.45) is 4.89. The molecule has 1 aromatic rings. The molecule has 0 spiro atoms. The van der Waals surface area contributed by atoms with Crippen molar-refractivity contribution in [2.45, 2.75) is 19.3 Å². The van der Waals surface area contributed by atoms with Crippen molar-refractivity contribution in [2.75, 3.05) is 37.3 Å². The predicted octanol–water partition coefficient (Wildman–Crippen LogP) is 1.71. The molecule has 6 nitrogen and oxygen atoms in total. The van der Waals surface area contributed by atoms with Crippen LogP contribution in [0.1, 0.15) is 19.3 Å². The molecule has 0 radical (unpaired) electrons. The highest BCUT2D eigenvalue weighted by molar-refractivity contribution is 9.10. The van der Waals surface area contributed by atoms with Crippen molar-refractivity contribution in [2.24, 2.45) is 0 Å². The maximum Gasteiger partial charge on any atom is 0.241 e. The second-order valence-corrected chi connectivity index (χ2v) is 5.22. The van der Waals surface area contributed by atoms with Gasteiger partial charge in [-0.1, -0.05) is 0 Å². The van der Waals surface area contributed by atoms with E-state index in [1.54, 1.807) is 7.05 Å². The number of carbonyl (C=O) groups excluding carboxylic acids is 1. The molecule has 0 atom stereocenters. The van der Waals surface area contributed by atoms with Crippen LogP contribution in [-0.2, 0) is 4.79 Å². The Morgan fingerprint density at radius 3 is 2.68 bits per heavy atom. The van der Waals surface area contributed by atoms with Gasteiger partial charge in [0.1, 0.15) is 22.4 Å². The number of anilines is 2. The molecule has 1 amide bonds. The van der Waals surface area contributed by atoms with Gasteiger partial charge in [0, 0.05) is 20.1 Å². The third kappa shape index (κ3) is 3.56. The number of piperidine rings is 1. The topological polar surface area (TPSA) is 70.1 Å². The van der Waals surface area contributed by atoms with Crippen LogP contribution in [0, 0.1) is 0 Å². The summed E-state index contributed by atoms with van der Waals surface area (Å²) in [6.45, 7) is 2.00. The molecule has 2 heterocycles. The lowest BCUT2D eigenvalue weighted by Crippen LogP contribution is -2.39. The average Bonchev–Trinajstić information content (AvgIpc) is 2.47. The number of hydrogen-bond donors (Lipinski definition) is 2. The van der Waals surface area contributed by atoms with Gasteiger partial charge in [-0.05, 0) is 35.2 Å². The first-order valence-corrected chi connectivity index (χ1v) is 7.21. The zero-order valence-corrected chi connectivity index (χ0v) is 12.5. The second kappa shape index (κ2) is 6.70. The number of amides is 1. The average molecular weight is 328 g/mol. The third-order valence-electron chi connectivity index (χ3n) is 3.14. The molecule has 7 heteroatoms. The molecule has 104 valence electrons. The quantitative estimate of drug-likeness (QED) is 0.880. The highest BCUT2D eigenvalue weighted by Gasteiger charge is 2.16. The third-order valence-corrected chi connectivity index (χ3v) is 3.89. The molecular formula is C12H18BrN5O. The first-order valence-electron chi connectivity index (χ1n) is 6.42. The van der Waals surface area contributed by atoms with Gasteiger partial charge in [-0.3, -0.25) is 4.79 Å². The Bertz CT molecular complexity index is 448. The van der Waals surface area contributed by atoms with Gasteiger partial charge in [-0.15, -0.1) is 0 Å². The molecule has 0 aromatic carbocycles. The van der Waals surface area contributed by atoms with Crippen molar-refractivity contribution in [3.8, 4) is 0 Å². The molecule has 1 aliphatic heterocycles. The van der Waals surface area contributed by atoms with E-state index in [1.165, 1.54) is 12.7 Å². The predicted molar refractivity (Wildman–Crippen MR) is 78.2 cm³/mol. The van der Waals surface area contributed by atoms with E-state index >= 15 is 0 Å². The normalized spacial score (nSPS) is 15.2. The van der Waals surface area contributed by atoms with Gasteiger partial charge < -0.3 is 15.5 Å². The van der Waals surface area contributed by atoms with Crippen LogP contribution in [0.2, 0.25) is 0 Å². The van der Waals surface area contributed by atoms with E-state index in [4.69, 9.17) is 0 Å². The summed E-state index contributed by atoms with van der Waals surface area (Å²) < 4.78 is 0.740. The number of aromatic nitrogens is 2. The van der Waals surface area contributed by atoms with Gasteiger partial charge in [0.2, 0.25) is 5.91 Å². The SMILES string of the molecule is CNc1ncnc(NCC(=O)N2CCCCC2)c1Br. The first-order chi connectivity index (χ1) is 9.22. The number of hydrogen-bond acceptors (Lipinski definition) is 5. The zero-order valence-electron chi connectivity index (χ0n) is 10.9. The van der Waals surface area contributed by atoms with Crippen LogP contribution < -0.4 is 10.6 Å². The second-order valence-electron chi connectivity index (χ2n) is 4.43. The minimum absolute atomic E-state index is 0.121. The van der Waals surface area contributed by atoms with Crippen molar-refractivity contribution in [3.05, 3.63) is 10.8 Å². The zero-order chi connectivity index (χ0) is 13.7. The summed E-state index contributed by atoms with van der Waals surface area (Å²) in [5.74, 6) is 1.45. The lowest BCUT2D eigenvalue weighted by molar-refractivity contribution is -0.130. The van der Waals surface area contributed by atoms with E-state index in [1.807, 2.05) is 4.90 Å². The van der Waals surface area contributed by atoms with E-state index < -0.39 is 0 Å². The van der Waals surface area contributed by atoms with Crippen molar-refractivity contribution < 1.29 is 4.79 Å². The fourth-order valence-electron chi connectivity index (χ4n) is 2.08. The van der Waals surface area contributed by atoms with Crippen LogP contribution in [0.5, 0.6) is 0 Å². The summed E-state index contributed by atoms with van der Waals surface area (Å²) in [7, 11) is 1.79. The van der Waals surface area contributed by atoms with Gasteiger partial charge in [0.25, 0.3) is 0 Å². The molecule has 1 aliphatic rings. The van der Waals surface area contributed by atoms with Crippen molar-refractivity contribution in [1.82, 2.24) is 14.9 Å². The largest absolute Gasteiger partial charge is 0.372 e. The van der Waals surface area contributed by atoms with Crippen LogP contribution >= 0.6 is 15.9 Å². The Balaban J connectivity index is 1.93.